The van der Waals surface area contributed by atoms with Crippen molar-refractivity contribution >= 4 is 29.5 Å². The minimum atomic E-state index is -0.714. The van der Waals surface area contributed by atoms with Crippen LogP contribution in [0, 0.1) is 5.82 Å². The van der Waals surface area contributed by atoms with Gasteiger partial charge in [0.25, 0.3) is 5.91 Å². The number of esters is 1. The number of nitrogens with two attached hydrogens (primary N) is 1. The zero-order valence-corrected chi connectivity index (χ0v) is 16.3. The first-order valence-electron chi connectivity index (χ1n) is 9.54. The molecule has 10 nitrogen and oxygen atoms in total. The number of nitrogen functional groups attached to an aromatic ring is 1. The van der Waals surface area contributed by atoms with E-state index in [4.69, 9.17) is 14.9 Å². The molecule has 0 saturated carbocycles. The van der Waals surface area contributed by atoms with Gasteiger partial charge in [-0.1, -0.05) is 0 Å². The number of aromatic nitrogens is 3. The second-order valence-corrected chi connectivity index (χ2v) is 6.81. The highest BCUT2D eigenvalue weighted by Crippen LogP contribution is 2.22. The molecule has 160 valence electrons. The summed E-state index contributed by atoms with van der Waals surface area (Å²) in [6, 6.07) is 8.04. The van der Waals surface area contributed by atoms with E-state index in [1.807, 2.05) is 0 Å². The highest BCUT2D eigenvalue weighted by molar-refractivity contribution is 5.94. The molecule has 0 unspecified atom stereocenters. The van der Waals surface area contributed by atoms with Gasteiger partial charge in [0.15, 0.2) is 18.2 Å². The van der Waals surface area contributed by atoms with Gasteiger partial charge >= 0.3 is 5.97 Å². The molecule has 11 heteroatoms. The van der Waals surface area contributed by atoms with Gasteiger partial charge in [-0.3, -0.25) is 4.79 Å². The fraction of sp³-hybridized carbons (Fsp3) is 0.250. The van der Waals surface area contributed by atoms with Crippen molar-refractivity contribution in [2.45, 2.75) is 25.5 Å². The van der Waals surface area contributed by atoms with Crippen LogP contribution in [0.3, 0.4) is 0 Å². The van der Waals surface area contributed by atoms with Crippen LogP contribution in [0.2, 0.25) is 0 Å². The zero-order valence-electron chi connectivity index (χ0n) is 16.3. The highest BCUT2D eigenvalue weighted by Gasteiger charge is 2.36. The second-order valence-electron chi connectivity index (χ2n) is 6.81. The molecule has 1 aliphatic rings. The summed E-state index contributed by atoms with van der Waals surface area (Å²) in [7, 11) is 0. The molecule has 1 aliphatic heterocycles. The van der Waals surface area contributed by atoms with Gasteiger partial charge in [-0.05, 0) is 49.2 Å². The largest absolute Gasteiger partial charge is 0.459 e. The van der Waals surface area contributed by atoms with Crippen molar-refractivity contribution in [2.75, 3.05) is 17.6 Å². The van der Waals surface area contributed by atoms with Gasteiger partial charge in [-0.25, -0.2) is 9.18 Å². The molecule has 1 amide bonds. The van der Waals surface area contributed by atoms with Crippen LogP contribution < -0.4 is 11.1 Å². The minimum Gasteiger partial charge on any atom is -0.459 e. The van der Waals surface area contributed by atoms with Crippen LogP contribution in [0.1, 0.15) is 29.2 Å². The molecule has 0 bridgehead atoms. The van der Waals surface area contributed by atoms with Crippen LogP contribution in [0.15, 0.2) is 47.1 Å². The van der Waals surface area contributed by atoms with Crippen molar-refractivity contribution < 1.29 is 23.1 Å². The average Bonchev–Trinajstić information content (AvgIpc) is 3.45. The predicted molar refractivity (Wildman–Crippen MR) is 106 cm³/mol. The number of carbonyl (C=O) groups is 2. The Labute approximate surface area is 176 Å². The fourth-order valence-electron chi connectivity index (χ4n) is 3.25. The van der Waals surface area contributed by atoms with Crippen molar-refractivity contribution in [1.29, 1.82) is 0 Å². The number of anilines is 3. The van der Waals surface area contributed by atoms with E-state index in [1.54, 1.807) is 12.1 Å². The number of halogens is 1. The third-order valence-corrected chi connectivity index (χ3v) is 4.66. The third-order valence-electron chi connectivity index (χ3n) is 4.66. The molecule has 31 heavy (non-hydrogen) atoms. The topological polar surface area (TPSA) is 136 Å². The number of furan rings is 1. The van der Waals surface area contributed by atoms with Crippen molar-refractivity contribution in [3.05, 3.63) is 60.1 Å². The molecule has 2 aromatic heterocycles. The van der Waals surface area contributed by atoms with E-state index in [1.165, 1.54) is 35.4 Å². The Bertz CT molecular complexity index is 1070. The van der Waals surface area contributed by atoms with Crippen molar-refractivity contribution in [1.82, 2.24) is 19.9 Å². The molecule has 3 heterocycles. The van der Waals surface area contributed by atoms with E-state index in [9.17, 15) is 14.0 Å². The smallest absolute Gasteiger partial charge is 0.329 e. The van der Waals surface area contributed by atoms with Crippen LogP contribution in [0.25, 0.3) is 0 Å². The molecule has 3 aromatic rings. The molecular formula is C20H19FN6O4. The molecule has 1 atom stereocenters. The summed E-state index contributed by atoms with van der Waals surface area (Å²) < 4.78 is 23.5. The van der Waals surface area contributed by atoms with Crippen LogP contribution in [0.4, 0.5) is 22.0 Å². The molecular weight excluding hydrogens is 407 g/mol. The number of amides is 1. The Morgan fingerprint density at radius 3 is 2.77 bits per heavy atom. The van der Waals surface area contributed by atoms with E-state index in [0.717, 1.165) is 0 Å². The average molecular weight is 426 g/mol. The number of benzene rings is 1. The Balaban J connectivity index is 1.40. The first-order valence-corrected chi connectivity index (χ1v) is 9.54. The summed E-state index contributed by atoms with van der Waals surface area (Å²) in [5.41, 5.74) is 6.26. The quantitative estimate of drug-likeness (QED) is 0.569. The summed E-state index contributed by atoms with van der Waals surface area (Å²) >= 11 is 0. The van der Waals surface area contributed by atoms with E-state index >= 15 is 0 Å². The fourth-order valence-corrected chi connectivity index (χ4v) is 3.25. The van der Waals surface area contributed by atoms with Crippen LogP contribution >= 0.6 is 0 Å². The number of nitrogens with zero attached hydrogens (tertiary/aromatic N) is 4. The zero-order chi connectivity index (χ0) is 21.8. The maximum absolute atomic E-state index is 13.0. The summed E-state index contributed by atoms with van der Waals surface area (Å²) in [4.78, 5) is 38.7. The number of carbonyl (C=O) groups excluding carboxylic acids is 2. The Morgan fingerprint density at radius 2 is 2.03 bits per heavy atom. The van der Waals surface area contributed by atoms with Crippen LogP contribution in [-0.2, 0) is 16.1 Å². The van der Waals surface area contributed by atoms with E-state index in [0.29, 0.717) is 25.1 Å². The Morgan fingerprint density at radius 1 is 1.23 bits per heavy atom. The molecule has 1 fully saturated rings. The van der Waals surface area contributed by atoms with Gasteiger partial charge < -0.3 is 25.1 Å². The van der Waals surface area contributed by atoms with Gasteiger partial charge in [0, 0.05) is 12.2 Å². The van der Waals surface area contributed by atoms with E-state index in [2.05, 4.69) is 20.3 Å². The second kappa shape index (κ2) is 8.78. The SMILES string of the molecule is Nc1nc(COC(=O)[C@@H]2CCCN2C(=O)c2ccco2)nc(Nc2ccc(F)cc2)n1. The first-order chi connectivity index (χ1) is 15.0. The van der Waals surface area contributed by atoms with Crippen molar-refractivity contribution in [3.63, 3.8) is 0 Å². The van der Waals surface area contributed by atoms with Crippen LogP contribution in [0.5, 0.6) is 0 Å². The van der Waals surface area contributed by atoms with Gasteiger partial charge in [-0.2, -0.15) is 15.0 Å². The molecule has 3 N–H and O–H groups in total. The lowest BCUT2D eigenvalue weighted by molar-refractivity contribution is -0.149. The van der Waals surface area contributed by atoms with Gasteiger partial charge in [0.1, 0.15) is 11.9 Å². The normalized spacial score (nSPS) is 15.6. The van der Waals surface area contributed by atoms with E-state index in [-0.39, 0.29) is 41.8 Å². The Kier molecular flexibility index (Phi) is 5.74. The van der Waals surface area contributed by atoms with Gasteiger partial charge in [0.05, 0.1) is 6.26 Å². The summed E-state index contributed by atoms with van der Waals surface area (Å²) in [6.45, 7) is 0.187. The highest BCUT2D eigenvalue weighted by atomic mass is 19.1. The summed E-state index contributed by atoms with van der Waals surface area (Å²) in [5, 5.41) is 2.88. The molecule has 0 aliphatic carbocycles. The predicted octanol–water partition coefficient (Wildman–Crippen LogP) is 2.28. The standard InChI is InChI=1S/C20H19FN6O4/c21-12-5-7-13(8-6-12)23-20-25-16(24-19(22)26-20)11-31-18(29)14-3-1-9-27(14)17(28)15-4-2-10-30-15/h2,4-8,10,14H,1,3,9,11H2,(H3,22,23,24,25,26)/t14-/m0/s1. The lowest BCUT2D eigenvalue weighted by Crippen LogP contribution is -2.41. The van der Waals surface area contributed by atoms with Crippen molar-refractivity contribution in [2.24, 2.45) is 0 Å². The molecule has 0 spiro atoms. The maximum Gasteiger partial charge on any atom is 0.329 e. The van der Waals surface area contributed by atoms with E-state index < -0.39 is 12.0 Å². The summed E-state index contributed by atoms with van der Waals surface area (Å²) in [6.07, 6.45) is 2.57. The monoisotopic (exact) mass is 426 g/mol. The molecule has 0 radical (unpaired) electrons. The Hall–Kier alpha value is -4.02. The third kappa shape index (κ3) is 4.77. The lowest BCUT2D eigenvalue weighted by Gasteiger charge is -2.22. The van der Waals surface area contributed by atoms with Gasteiger partial charge in [-0.15, -0.1) is 0 Å². The first kappa shape index (κ1) is 20.3. The number of nitrogens with one attached hydrogen (secondary N) is 1. The summed E-state index contributed by atoms with van der Waals surface area (Å²) in [5.74, 6) is -0.945. The number of hydrogen-bond acceptors (Lipinski definition) is 9. The number of hydrogen-bond donors (Lipinski definition) is 2. The number of likely N-dealkylation sites (tertiary alicyclic amines) is 1. The molecule has 1 aromatic carbocycles. The molecule has 1 saturated heterocycles. The lowest BCUT2D eigenvalue weighted by atomic mass is 10.2. The molecule has 4 rings (SSSR count). The maximum atomic E-state index is 13.0. The minimum absolute atomic E-state index is 0.0684. The number of rotatable bonds is 6. The van der Waals surface area contributed by atoms with Crippen molar-refractivity contribution in [3.8, 4) is 0 Å². The van der Waals surface area contributed by atoms with Gasteiger partial charge in [0.2, 0.25) is 11.9 Å². The van der Waals surface area contributed by atoms with Crippen LogP contribution in [-0.4, -0.2) is 44.3 Å². The number of ether oxygens (including phenoxy) is 1.